The second kappa shape index (κ2) is 22.2. The van der Waals surface area contributed by atoms with Crippen molar-refractivity contribution in [2.75, 3.05) is 0 Å². The van der Waals surface area contributed by atoms with Crippen LogP contribution in [0.25, 0.3) is 0 Å². The Bertz CT molecular complexity index is 762. The molecule has 3 heteroatoms. The summed E-state index contributed by atoms with van der Waals surface area (Å²) in [5.41, 5.74) is 0. The summed E-state index contributed by atoms with van der Waals surface area (Å²) in [5, 5.41) is 0. The van der Waals surface area contributed by atoms with Crippen molar-refractivity contribution in [1.29, 1.82) is 0 Å². The van der Waals surface area contributed by atoms with Gasteiger partial charge in [-0.15, -0.1) is 0 Å². The highest BCUT2D eigenvalue weighted by Crippen LogP contribution is 2.43. The second-order valence-corrected chi connectivity index (χ2v) is 18.8. The molecular weight excluding hydrogens is 601 g/mol. The van der Waals surface area contributed by atoms with Crippen LogP contribution in [-0.2, 0) is 14.2 Å². The lowest BCUT2D eigenvalue weighted by molar-refractivity contribution is -0.173. The fraction of sp³-hybridized carbons (Fsp3) is 1.00. The summed E-state index contributed by atoms with van der Waals surface area (Å²) in [4.78, 5) is 0. The summed E-state index contributed by atoms with van der Waals surface area (Å²) < 4.78 is 17.3. The molecule has 2 bridgehead atoms. The quantitative estimate of drug-likeness (QED) is 0.0558. The van der Waals surface area contributed by atoms with Crippen LogP contribution in [0.2, 0.25) is 0 Å². The van der Waals surface area contributed by atoms with Crippen molar-refractivity contribution in [3.05, 3.63) is 0 Å². The molecule has 4 aliphatic heterocycles. The SMILES string of the molecule is C(CCCCC(CCCCCCCCCC1CCC2OC2C1)CCCCCCCCCC1CCC2OC2C1)CCCCC1CC2CC(C1)O2. The lowest BCUT2D eigenvalue weighted by Crippen LogP contribution is -2.45. The normalized spacial score (nSPS) is 33.4. The molecule has 284 valence electrons. The minimum atomic E-state index is 0.646. The van der Waals surface area contributed by atoms with Crippen LogP contribution in [0, 0.1) is 23.7 Å². The molecule has 7 aliphatic rings. The van der Waals surface area contributed by atoms with Crippen molar-refractivity contribution in [2.45, 2.75) is 268 Å². The van der Waals surface area contributed by atoms with E-state index in [1.165, 1.54) is 231 Å². The number of hydrogen-bond donors (Lipinski definition) is 0. The summed E-state index contributed by atoms with van der Waals surface area (Å²) >= 11 is 0. The van der Waals surface area contributed by atoms with Gasteiger partial charge in [0.2, 0.25) is 0 Å². The first-order chi connectivity index (χ1) is 24.3. The molecule has 0 N–H and O–H groups in total. The fourth-order valence-corrected chi connectivity index (χ4v) is 11.1. The topological polar surface area (TPSA) is 34.3 Å². The van der Waals surface area contributed by atoms with Crippen molar-refractivity contribution in [3.8, 4) is 0 Å². The van der Waals surface area contributed by atoms with Gasteiger partial charge in [-0.25, -0.2) is 0 Å². The Balaban J connectivity index is 0.739. The third-order valence-corrected chi connectivity index (χ3v) is 14.5. The molecule has 7 rings (SSSR count). The molecular formula is C46H82O3. The first-order valence-corrected chi connectivity index (χ1v) is 23.2. The number of hydrogen-bond acceptors (Lipinski definition) is 3. The van der Waals surface area contributed by atoms with Crippen molar-refractivity contribution in [2.24, 2.45) is 23.7 Å². The standard InChI is InChI=1S/C46H82O3/c1(7-13-19-25-38-28-30-43-45(34-38)48-43)4-10-16-22-37(23-17-11-5-2-8-14-20-26-39-29-31-44-46(35-39)49-44)24-18-12-6-3-9-15-21-27-40-32-41-36-42(33-40)47-41/h37-46H,1-36H2. The van der Waals surface area contributed by atoms with Crippen LogP contribution in [0.5, 0.6) is 0 Å². The number of fused-ring (bicyclic) bond motifs is 4. The molecule has 49 heavy (non-hydrogen) atoms. The number of rotatable bonds is 30. The van der Waals surface area contributed by atoms with E-state index >= 15 is 0 Å². The molecule has 0 amide bonds. The van der Waals surface area contributed by atoms with Crippen LogP contribution in [-0.4, -0.2) is 36.6 Å². The van der Waals surface area contributed by atoms with E-state index in [-0.39, 0.29) is 0 Å². The second-order valence-electron chi connectivity index (χ2n) is 18.8. The van der Waals surface area contributed by atoms with E-state index < -0.39 is 0 Å². The Morgan fingerprint density at radius 3 is 1.04 bits per heavy atom. The summed E-state index contributed by atoms with van der Waals surface area (Å²) in [6.45, 7) is 0. The average molecular weight is 683 g/mol. The van der Waals surface area contributed by atoms with Crippen LogP contribution >= 0.6 is 0 Å². The minimum Gasteiger partial charge on any atom is -0.375 e. The zero-order valence-electron chi connectivity index (χ0n) is 32.5. The summed E-state index contributed by atoms with van der Waals surface area (Å²) in [6.07, 6.45) is 56.6. The lowest BCUT2D eigenvalue weighted by Gasteiger charge is -2.45. The zero-order chi connectivity index (χ0) is 33.4. The summed E-state index contributed by atoms with van der Waals surface area (Å²) in [6, 6.07) is 0. The van der Waals surface area contributed by atoms with E-state index in [9.17, 15) is 0 Å². The van der Waals surface area contributed by atoms with Crippen molar-refractivity contribution in [3.63, 3.8) is 0 Å². The Kier molecular flexibility index (Phi) is 17.5. The molecule has 4 heterocycles. The molecule has 0 radical (unpaired) electrons. The van der Waals surface area contributed by atoms with Crippen LogP contribution < -0.4 is 0 Å². The molecule has 3 saturated carbocycles. The third kappa shape index (κ3) is 15.0. The van der Waals surface area contributed by atoms with E-state index in [1.54, 1.807) is 0 Å². The molecule has 3 nitrogen and oxygen atoms in total. The summed E-state index contributed by atoms with van der Waals surface area (Å²) in [7, 11) is 0. The number of ether oxygens (including phenoxy) is 3. The van der Waals surface area contributed by atoms with Crippen molar-refractivity contribution >= 4 is 0 Å². The van der Waals surface area contributed by atoms with Gasteiger partial charge in [-0.3, -0.25) is 0 Å². The van der Waals surface area contributed by atoms with Gasteiger partial charge >= 0.3 is 0 Å². The van der Waals surface area contributed by atoms with Gasteiger partial charge < -0.3 is 14.2 Å². The molecule has 0 aromatic rings. The summed E-state index contributed by atoms with van der Waals surface area (Å²) in [5.74, 6) is 3.97. The maximum absolute atomic E-state index is 5.84. The van der Waals surface area contributed by atoms with E-state index in [0.29, 0.717) is 36.6 Å². The van der Waals surface area contributed by atoms with E-state index in [0.717, 1.165) is 23.7 Å². The largest absolute Gasteiger partial charge is 0.375 e. The smallest absolute Gasteiger partial charge is 0.0844 e. The first kappa shape index (κ1) is 38.6. The molecule has 8 unspecified atom stereocenters. The predicted molar refractivity (Wildman–Crippen MR) is 206 cm³/mol. The maximum Gasteiger partial charge on any atom is 0.0844 e. The molecule has 0 aromatic heterocycles. The molecule has 7 fully saturated rings. The molecule has 8 atom stereocenters. The predicted octanol–water partition coefficient (Wildman–Crippen LogP) is 13.8. The highest BCUT2D eigenvalue weighted by atomic mass is 16.6. The average Bonchev–Trinajstić information content (AvgIpc) is 4.04. The number of epoxide rings is 2. The van der Waals surface area contributed by atoms with Crippen molar-refractivity contribution < 1.29 is 14.2 Å². The highest BCUT2D eigenvalue weighted by Gasteiger charge is 2.44. The monoisotopic (exact) mass is 683 g/mol. The first-order valence-electron chi connectivity index (χ1n) is 23.2. The lowest BCUT2D eigenvalue weighted by atomic mass is 9.78. The minimum absolute atomic E-state index is 0.646. The van der Waals surface area contributed by atoms with Crippen LogP contribution in [0.15, 0.2) is 0 Å². The Hall–Kier alpha value is -0.120. The van der Waals surface area contributed by atoms with Gasteiger partial charge in [-0.05, 0) is 81.5 Å². The van der Waals surface area contributed by atoms with E-state index in [2.05, 4.69) is 0 Å². The Morgan fingerprint density at radius 2 is 0.653 bits per heavy atom. The molecule has 0 spiro atoms. The molecule has 4 saturated heterocycles. The van der Waals surface area contributed by atoms with E-state index in [4.69, 9.17) is 14.2 Å². The Labute approximate surface area is 304 Å². The van der Waals surface area contributed by atoms with Gasteiger partial charge in [0.1, 0.15) is 0 Å². The van der Waals surface area contributed by atoms with E-state index in [1.807, 2.05) is 0 Å². The van der Waals surface area contributed by atoms with Gasteiger partial charge in [-0.1, -0.05) is 173 Å². The van der Waals surface area contributed by atoms with Gasteiger partial charge in [0.15, 0.2) is 0 Å². The number of unbranched alkanes of at least 4 members (excludes halogenated alkanes) is 18. The van der Waals surface area contributed by atoms with Crippen LogP contribution in [0.4, 0.5) is 0 Å². The van der Waals surface area contributed by atoms with Gasteiger partial charge in [0.25, 0.3) is 0 Å². The van der Waals surface area contributed by atoms with Gasteiger partial charge in [0.05, 0.1) is 36.6 Å². The Morgan fingerprint density at radius 1 is 0.306 bits per heavy atom. The zero-order valence-corrected chi connectivity index (χ0v) is 32.5. The maximum atomic E-state index is 5.84. The molecule has 3 aliphatic carbocycles. The fourth-order valence-electron chi connectivity index (χ4n) is 11.1. The van der Waals surface area contributed by atoms with Crippen LogP contribution in [0.3, 0.4) is 0 Å². The molecule has 0 aromatic carbocycles. The van der Waals surface area contributed by atoms with Crippen LogP contribution in [0.1, 0.15) is 231 Å². The third-order valence-electron chi connectivity index (χ3n) is 14.5. The highest BCUT2D eigenvalue weighted by molar-refractivity contribution is 4.92. The van der Waals surface area contributed by atoms with Gasteiger partial charge in [0, 0.05) is 0 Å². The van der Waals surface area contributed by atoms with Crippen molar-refractivity contribution in [1.82, 2.24) is 0 Å². The van der Waals surface area contributed by atoms with Gasteiger partial charge in [-0.2, -0.15) is 0 Å².